The second kappa shape index (κ2) is 36.2. The number of cyclic esters (lactones) is 1. The van der Waals surface area contributed by atoms with Crippen LogP contribution in [0.5, 0.6) is 17.2 Å². The molecule has 103 heavy (non-hydrogen) atoms. The number of pyridine rings is 2. The molecule has 0 bridgehead atoms. The first-order valence-corrected chi connectivity index (χ1v) is 35.9. The molecular formula is C76H96N9O17P. The fourth-order valence-electron chi connectivity index (χ4n) is 12.3. The van der Waals surface area contributed by atoms with Crippen LogP contribution in [0.2, 0.25) is 0 Å². The Morgan fingerprint density at radius 1 is 0.728 bits per heavy atom. The maximum absolute atomic E-state index is 14.2. The van der Waals surface area contributed by atoms with E-state index in [1.54, 1.807) is 70.7 Å². The lowest BCUT2D eigenvalue weighted by Gasteiger charge is -2.39. The highest BCUT2D eigenvalue weighted by atomic mass is 31.2. The van der Waals surface area contributed by atoms with E-state index in [1.165, 1.54) is 13.8 Å². The molecule has 5 atom stereocenters. The lowest BCUT2D eigenvalue weighted by Crippen LogP contribution is -2.52. The predicted molar refractivity (Wildman–Crippen MR) is 386 cm³/mol. The largest absolute Gasteiger partial charge is 0.497 e. The summed E-state index contributed by atoms with van der Waals surface area (Å²) >= 11 is 0. The van der Waals surface area contributed by atoms with Gasteiger partial charge in [0, 0.05) is 73.7 Å². The number of aromatic nitrogens is 2. The number of nitriles is 1. The number of aryl methyl sites for hydroxylation is 1. The number of rotatable bonds is 36. The molecule has 26 nitrogen and oxygen atoms in total. The predicted octanol–water partition coefficient (Wildman–Crippen LogP) is 9.44. The molecule has 5 amide bonds. The third kappa shape index (κ3) is 19.3. The first-order valence-electron chi connectivity index (χ1n) is 34.8. The maximum atomic E-state index is 14.2. The Bertz CT molecular complexity index is 4030. The average molecular weight is 1440 g/mol. The van der Waals surface area contributed by atoms with Crippen molar-refractivity contribution in [1.29, 1.82) is 5.26 Å². The smallest absolute Gasteiger partial charge is 0.412 e. The van der Waals surface area contributed by atoms with E-state index in [0.717, 1.165) is 33.2 Å². The van der Waals surface area contributed by atoms with Crippen LogP contribution in [-0.2, 0) is 87.5 Å². The molecule has 4 unspecified atom stereocenters. The van der Waals surface area contributed by atoms with Crippen molar-refractivity contribution in [3.05, 3.63) is 152 Å². The van der Waals surface area contributed by atoms with Crippen LogP contribution in [-0.4, -0.2) is 146 Å². The molecule has 552 valence electrons. The maximum Gasteiger partial charge on any atom is 0.412 e. The van der Waals surface area contributed by atoms with Gasteiger partial charge in [-0.15, -0.1) is 0 Å². The molecule has 8 rings (SSSR count). The Balaban J connectivity index is 0.788. The first-order chi connectivity index (χ1) is 49.2. The standard InChI is InChI=1S/C76H96N9O17P/c1-14-58-59-32-31-56(41-63(59)83-67-60(58)43-84-64(67)42-62-61(70(84)90)46-97-72(92)75(62,15-2)101-71(91)74(9,10)11)100-73(93)80-38-37-79-68(88)49(7)82-69(89)50(8)81-66(87)34-33-65(86)78-36-20-39-96-44-57(102-103(99-40-19-35-77)85(47(3)4)48(5)6)45-98-76(51-21-17-16-18-22-51,52-23-27-54(94-12)28-24-52)53-25-29-55(95-13)30-26-53/h16-18,21-32,41-42,47-50,57H,14-15,19-20,33-34,36-40,43-46H2,1-13H3,(H,78,86)(H,79,88)(H,80,93)(H,81,87)(H,82,89)/t49?,50?,57?,75-,103?/m0/s1. The molecule has 0 aliphatic carbocycles. The molecule has 4 heterocycles. The minimum atomic E-state index is -1.85. The number of carbonyl (C=O) groups is 7. The van der Waals surface area contributed by atoms with E-state index < -0.39 is 79.1 Å². The van der Waals surface area contributed by atoms with Gasteiger partial charge in [-0.2, -0.15) is 5.26 Å². The SMILES string of the molecule is CCc1c2c(nc3cc(OC(=O)NCCNC(=O)C(C)NC(=O)C(C)NC(=O)CCC(=O)NCCCOCC(COC(c4ccccc4)(c4ccc(OC)cc4)c4ccc(OC)cc4)OP(OCCC#N)N(C(C)C)C(C)C)ccc13)-c1cc3c(c(=O)n1C2)COC(=O)[C@@]3(CC)OC(=O)C(C)(C)C. The molecule has 0 radical (unpaired) electrons. The Morgan fingerprint density at radius 2 is 1.35 bits per heavy atom. The summed E-state index contributed by atoms with van der Waals surface area (Å²) in [6.45, 7) is 20.4. The average Bonchev–Trinajstić information content (AvgIpc) is 1.65. The summed E-state index contributed by atoms with van der Waals surface area (Å²) in [5, 5.41) is 23.4. The normalized spacial score (nSPS) is 15.2. The topological polar surface area (TPSA) is 325 Å². The number of hydrogen-bond donors (Lipinski definition) is 5. The van der Waals surface area contributed by atoms with Crippen LogP contribution >= 0.6 is 8.53 Å². The van der Waals surface area contributed by atoms with E-state index in [-0.39, 0.29) is 125 Å². The van der Waals surface area contributed by atoms with Crippen molar-refractivity contribution in [2.45, 2.75) is 169 Å². The number of hydrogen-bond acceptors (Lipinski definition) is 20. The number of ether oxygens (including phenoxy) is 7. The van der Waals surface area contributed by atoms with Gasteiger partial charge in [0.15, 0.2) is 0 Å². The van der Waals surface area contributed by atoms with E-state index in [9.17, 15) is 43.6 Å². The van der Waals surface area contributed by atoms with Crippen molar-refractivity contribution in [1.82, 2.24) is 40.8 Å². The summed E-state index contributed by atoms with van der Waals surface area (Å²) in [6.07, 6.45) is -0.740. The molecular weight excluding hydrogens is 1340 g/mol. The zero-order chi connectivity index (χ0) is 74.8. The minimum Gasteiger partial charge on any atom is -0.497 e. The number of nitrogens with one attached hydrogen (secondary N) is 5. The number of fused-ring (bicyclic) bond motifs is 5. The highest BCUT2D eigenvalue weighted by Crippen LogP contribution is 2.49. The molecule has 6 aromatic rings. The van der Waals surface area contributed by atoms with Gasteiger partial charge in [-0.25, -0.2) is 19.2 Å². The second-order valence-corrected chi connectivity index (χ2v) is 28.1. The van der Waals surface area contributed by atoms with Crippen LogP contribution < -0.4 is 46.4 Å². The van der Waals surface area contributed by atoms with Crippen molar-refractivity contribution in [2.24, 2.45) is 5.41 Å². The van der Waals surface area contributed by atoms with Crippen LogP contribution in [0, 0.1) is 16.7 Å². The Kier molecular flexibility index (Phi) is 27.9. The van der Waals surface area contributed by atoms with Crippen molar-refractivity contribution >= 4 is 61.1 Å². The fraction of sp³-hybridized carbons (Fsp3) is 0.474. The molecule has 2 aromatic heterocycles. The number of amides is 5. The van der Waals surface area contributed by atoms with E-state index >= 15 is 0 Å². The summed E-state index contributed by atoms with van der Waals surface area (Å²) < 4.78 is 58.7. The number of methoxy groups -OCH3 is 2. The van der Waals surface area contributed by atoms with Gasteiger partial charge >= 0.3 is 18.0 Å². The van der Waals surface area contributed by atoms with Gasteiger partial charge < -0.3 is 73.4 Å². The Hall–Kier alpha value is -9.35. The van der Waals surface area contributed by atoms with Crippen LogP contribution in [0.4, 0.5) is 4.79 Å². The zero-order valence-electron chi connectivity index (χ0n) is 61.0. The monoisotopic (exact) mass is 1440 g/mol. The van der Waals surface area contributed by atoms with Gasteiger partial charge in [0.1, 0.15) is 47.6 Å². The third-order valence-electron chi connectivity index (χ3n) is 17.6. The minimum absolute atomic E-state index is 0.0158. The summed E-state index contributed by atoms with van der Waals surface area (Å²) in [7, 11) is 1.49. The van der Waals surface area contributed by atoms with Crippen LogP contribution in [0.3, 0.4) is 0 Å². The number of carbonyl (C=O) groups excluding carboxylic acids is 7. The van der Waals surface area contributed by atoms with Crippen molar-refractivity contribution in [3.8, 4) is 34.7 Å². The summed E-state index contributed by atoms with van der Waals surface area (Å²) in [6, 6.07) is 32.1. The van der Waals surface area contributed by atoms with Gasteiger partial charge in [0.2, 0.25) is 29.2 Å². The molecule has 2 aliphatic rings. The molecule has 4 aromatic carbocycles. The highest BCUT2D eigenvalue weighted by Gasteiger charge is 2.52. The van der Waals surface area contributed by atoms with Crippen LogP contribution in [0.1, 0.15) is 147 Å². The van der Waals surface area contributed by atoms with Crippen LogP contribution in [0.25, 0.3) is 22.3 Å². The van der Waals surface area contributed by atoms with E-state index in [1.807, 2.05) is 85.8 Å². The van der Waals surface area contributed by atoms with E-state index in [4.69, 9.17) is 47.2 Å². The number of benzene rings is 4. The van der Waals surface area contributed by atoms with Crippen molar-refractivity contribution < 1.29 is 75.8 Å². The van der Waals surface area contributed by atoms with Gasteiger partial charge in [0.05, 0.1) is 81.0 Å². The third-order valence-corrected chi connectivity index (χ3v) is 19.8. The molecule has 27 heteroatoms. The Labute approximate surface area is 602 Å². The molecule has 0 fully saturated rings. The summed E-state index contributed by atoms with van der Waals surface area (Å²) in [5.41, 5.74) is 1.76. The van der Waals surface area contributed by atoms with Crippen LogP contribution in [0.15, 0.2) is 108 Å². The molecule has 0 saturated heterocycles. The zero-order valence-corrected chi connectivity index (χ0v) is 61.9. The lowest BCUT2D eigenvalue weighted by atomic mass is 9.80. The van der Waals surface area contributed by atoms with Crippen molar-refractivity contribution in [2.75, 3.05) is 60.3 Å². The molecule has 0 saturated carbocycles. The van der Waals surface area contributed by atoms with Crippen molar-refractivity contribution in [3.63, 3.8) is 0 Å². The number of nitrogens with zero attached hydrogens (tertiary/aromatic N) is 4. The summed E-state index contributed by atoms with van der Waals surface area (Å²) in [5.74, 6) is -2.04. The quantitative estimate of drug-likeness (QED) is 0.0106. The summed E-state index contributed by atoms with van der Waals surface area (Å²) in [4.78, 5) is 111. The van der Waals surface area contributed by atoms with Gasteiger partial charge in [0.25, 0.3) is 14.1 Å². The lowest BCUT2D eigenvalue weighted by molar-refractivity contribution is -0.194. The first kappa shape index (κ1) is 79.4. The Morgan fingerprint density at radius 3 is 1.96 bits per heavy atom. The van der Waals surface area contributed by atoms with E-state index in [2.05, 4.69) is 65.0 Å². The van der Waals surface area contributed by atoms with Gasteiger partial charge in [-0.3, -0.25) is 28.8 Å². The fourth-order valence-corrected chi connectivity index (χ4v) is 13.9. The molecule has 0 spiro atoms. The molecule has 2 aliphatic heterocycles. The number of esters is 2. The van der Waals surface area contributed by atoms with E-state index in [0.29, 0.717) is 41.2 Å². The molecule has 5 N–H and O–H groups in total. The highest BCUT2D eigenvalue weighted by molar-refractivity contribution is 7.44. The second-order valence-electron chi connectivity index (χ2n) is 26.7. The van der Waals surface area contributed by atoms with Gasteiger partial charge in [-0.05, 0) is 146 Å². The van der Waals surface area contributed by atoms with Gasteiger partial charge in [-0.1, -0.05) is 68.4 Å².